The van der Waals surface area contributed by atoms with Gasteiger partial charge in [0.05, 0.1) is 0 Å². The summed E-state index contributed by atoms with van der Waals surface area (Å²) in [6.07, 6.45) is 1.61. The summed E-state index contributed by atoms with van der Waals surface area (Å²) < 4.78 is 0. The Bertz CT molecular complexity index is 445. The van der Waals surface area contributed by atoms with Gasteiger partial charge in [-0.05, 0) is 43.7 Å². The summed E-state index contributed by atoms with van der Waals surface area (Å²) in [5.41, 5.74) is 6.80. The molecular formula is C14H22N4O2. The molecule has 0 fully saturated rings. The van der Waals surface area contributed by atoms with Gasteiger partial charge in [0, 0.05) is 24.3 Å². The Kier molecular flexibility index (Phi) is 6.52. The molecule has 5 N–H and O–H groups in total. The smallest absolute Gasteiger partial charge is 0.318 e. The maximum atomic E-state index is 11.9. The van der Waals surface area contributed by atoms with Gasteiger partial charge in [0.1, 0.15) is 0 Å². The minimum absolute atomic E-state index is 0.0227. The first-order chi connectivity index (χ1) is 9.56. The van der Waals surface area contributed by atoms with Crippen molar-refractivity contribution >= 4 is 23.3 Å². The maximum absolute atomic E-state index is 11.9. The second-order valence-corrected chi connectivity index (χ2v) is 4.60. The Balaban J connectivity index is 2.52. The van der Waals surface area contributed by atoms with E-state index in [0.717, 1.165) is 12.8 Å². The molecule has 3 amide bonds. The van der Waals surface area contributed by atoms with Crippen LogP contribution < -0.4 is 21.7 Å². The highest BCUT2D eigenvalue weighted by molar-refractivity contribution is 5.93. The van der Waals surface area contributed by atoms with Crippen LogP contribution in [-0.2, 0) is 4.79 Å². The van der Waals surface area contributed by atoms with Crippen LogP contribution in [0.15, 0.2) is 24.3 Å². The Hall–Kier alpha value is -2.08. The molecule has 0 bridgehead atoms. The molecule has 0 saturated heterocycles. The molecular weight excluding hydrogens is 256 g/mol. The molecule has 6 heteroatoms. The highest BCUT2D eigenvalue weighted by atomic mass is 16.2. The summed E-state index contributed by atoms with van der Waals surface area (Å²) in [7, 11) is 1.55. The summed E-state index contributed by atoms with van der Waals surface area (Å²) in [6.45, 7) is 2.48. The fraction of sp³-hybridized carbons (Fsp3) is 0.429. The summed E-state index contributed by atoms with van der Waals surface area (Å²) in [5, 5.41) is 7.95. The van der Waals surface area contributed by atoms with Gasteiger partial charge in [-0.25, -0.2) is 4.79 Å². The molecule has 0 radical (unpaired) electrons. The number of nitrogens with two attached hydrogens (primary N) is 1. The monoisotopic (exact) mass is 278 g/mol. The first-order valence-corrected chi connectivity index (χ1v) is 6.66. The van der Waals surface area contributed by atoms with Gasteiger partial charge in [-0.15, -0.1) is 0 Å². The van der Waals surface area contributed by atoms with Crippen LogP contribution in [0.4, 0.5) is 16.2 Å². The number of carbonyl (C=O) groups is 2. The second-order valence-electron chi connectivity index (χ2n) is 4.60. The predicted molar refractivity (Wildman–Crippen MR) is 80.6 cm³/mol. The van der Waals surface area contributed by atoms with E-state index in [2.05, 4.69) is 16.0 Å². The lowest BCUT2D eigenvalue weighted by molar-refractivity contribution is -0.119. The van der Waals surface area contributed by atoms with Crippen LogP contribution in [0.5, 0.6) is 0 Å². The third kappa shape index (κ3) is 5.27. The molecule has 1 rings (SSSR count). The molecule has 1 aromatic rings. The van der Waals surface area contributed by atoms with Crippen LogP contribution in [0.25, 0.3) is 0 Å². The predicted octanol–water partition coefficient (Wildman–Crippen LogP) is 1.75. The number of benzene rings is 1. The molecule has 0 aromatic heterocycles. The molecule has 6 nitrogen and oxygen atoms in total. The molecule has 1 unspecified atom stereocenters. The van der Waals surface area contributed by atoms with Gasteiger partial charge in [0.15, 0.2) is 0 Å². The van der Waals surface area contributed by atoms with Crippen LogP contribution in [0.2, 0.25) is 0 Å². The number of carbonyl (C=O) groups excluding carboxylic acids is 2. The van der Waals surface area contributed by atoms with E-state index in [0.29, 0.717) is 17.9 Å². The zero-order chi connectivity index (χ0) is 15.0. The van der Waals surface area contributed by atoms with Crippen LogP contribution in [0.3, 0.4) is 0 Å². The average Bonchev–Trinajstić information content (AvgIpc) is 2.46. The van der Waals surface area contributed by atoms with Crippen molar-refractivity contribution in [1.29, 1.82) is 0 Å². The number of hydrogen-bond acceptors (Lipinski definition) is 3. The van der Waals surface area contributed by atoms with Gasteiger partial charge in [-0.3, -0.25) is 4.79 Å². The molecule has 20 heavy (non-hydrogen) atoms. The van der Waals surface area contributed by atoms with Crippen molar-refractivity contribution in [3.8, 4) is 0 Å². The van der Waals surface area contributed by atoms with Crippen LogP contribution in [0.1, 0.15) is 19.8 Å². The van der Waals surface area contributed by atoms with Crippen LogP contribution >= 0.6 is 0 Å². The van der Waals surface area contributed by atoms with Crippen LogP contribution in [0, 0.1) is 5.92 Å². The first kappa shape index (κ1) is 16.0. The standard InChI is InChI=1S/C14H22N4O2/c1-10(4-3-9-15)13(19)17-11-5-7-12(8-6-11)18-14(20)16-2/h5-8,10H,3-4,9,15H2,1-2H3,(H,17,19)(H2,16,18,20). The van der Waals surface area contributed by atoms with Gasteiger partial charge in [0.25, 0.3) is 0 Å². The number of anilines is 2. The maximum Gasteiger partial charge on any atom is 0.318 e. The van der Waals surface area contributed by atoms with Crippen LogP contribution in [-0.4, -0.2) is 25.5 Å². The van der Waals surface area contributed by atoms with Crippen molar-refractivity contribution < 1.29 is 9.59 Å². The SMILES string of the molecule is CNC(=O)Nc1ccc(NC(=O)C(C)CCCN)cc1. The fourth-order valence-corrected chi connectivity index (χ4v) is 1.65. The molecule has 0 aliphatic carbocycles. The summed E-state index contributed by atoms with van der Waals surface area (Å²) >= 11 is 0. The number of rotatable bonds is 6. The third-order valence-corrected chi connectivity index (χ3v) is 2.93. The molecule has 1 aromatic carbocycles. The number of amides is 3. The minimum Gasteiger partial charge on any atom is -0.341 e. The summed E-state index contributed by atoms with van der Waals surface area (Å²) in [6, 6.07) is 6.68. The Morgan fingerprint density at radius 3 is 2.20 bits per heavy atom. The lowest BCUT2D eigenvalue weighted by Crippen LogP contribution is -2.24. The summed E-state index contributed by atoms with van der Waals surface area (Å²) in [4.78, 5) is 23.0. The lowest BCUT2D eigenvalue weighted by atomic mass is 10.0. The van der Waals surface area contributed by atoms with Crippen molar-refractivity contribution in [2.75, 3.05) is 24.2 Å². The van der Waals surface area contributed by atoms with Crippen molar-refractivity contribution in [2.24, 2.45) is 11.7 Å². The Labute approximate surface area is 119 Å². The van der Waals surface area contributed by atoms with Gasteiger partial charge >= 0.3 is 6.03 Å². The highest BCUT2D eigenvalue weighted by Gasteiger charge is 2.12. The van der Waals surface area contributed by atoms with E-state index in [1.54, 1.807) is 31.3 Å². The van der Waals surface area contributed by atoms with Crippen molar-refractivity contribution in [2.45, 2.75) is 19.8 Å². The Morgan fingerprint density at radius 2 is 1.70 bits per heavy atom. The van der Waals surface area contributed by atoms with E-state index < -0.39 is 0 Å². The molecule has 0 spiro atoms. The fourth-order valence-electron chi connectivity index (χ4n) is 1.65. The van der Waals surface area contributed by atoms with Gasteiger partial charge in [-0.2, -0.15) is 0 Å². The Morgan fingerprint density at radius 1 is 1.15 bits per heavy atom. The van der Waals surface area contributed by atoms with Gasteiger partial charge in [-0.1, -0.05) is 6.92 Å². The zero-order valence-electron chi connectivity index (χ0n) is 11.9. The van der Waals surface area contributed by atoms with Crippen molar-refractivity contribution in [1.82, 2.24) is 5.32 Å². The van der Waals surface area contributed by atoms with Crippen molar-refractivity contribution in [3.63, 3.8) is 0 Å². The van der Waals surface area contributed by atoms with E-state index in [1.807, 2.05) is 6.92 Å². The second kappa shape index (κ2) is 8.16. The molecule has 0 aliphatic rings. The molecule has 0 heterocycles. The lowest BCUT2D eigenvalue weighted by Gasteiger charge is -2.12. The first-order valence-electron chi connectivity index (χ1n) is 6.66. The van der Waals surface area contributed by atoms with E-state index in [9.17, 15) is 9.59 Å². The van der Waals surface area contributed by atoms with E-state index in [-0.39, 0.29) is 17.9 Å². The largest absolute Gasteiger partial charge is 0.341 e. The van der Waals surface area contributed by atoms with E-state index >= 15 is 0 Å². The number of urea groups is 1. The molecule has 110 valence electrons. The normalized spacial score (nSPS) is 11.6. The zero-order valence-corrected chi connectivity index (χ0v) is 11.9. The number of nitrogens with one attached hydrogen (secondary N) is 3. The molecule has 1 atom stereocenters. The topological polar surface area (TPSA) is 96.2 Å². The van der Waals surface area contributed by atoms with Crippen molar-refractivity contribution in [3.05, 3.63) is 24.3 Å². The summed E-state index contributed by atoms with van der Waals surface area (Å²) in [5.74, 6) is -0.0901. The highest BCUT2D eigenvalue weighted by Crippen LogP contribution is 2.15. The quantitative estimate of drug-likeness (QED) is 0.638. The van der Waals surface area contributed by atoms with Gasteiger partial charge < -0.3 is 21.7 Å². The van der Waals surface area contributed by atoms with E-state index in [1.165, 1.54) is 0 Å². The molecule has 0 saturated carbocycles. The minimum atomic E-state index is -0.280. The van der Waals surface area contributed by atoms with Gasteiger partial charge in [0.2, 0.25) is 5.91 Å². The number of hydrogen-bond donors (Lipinski definition) is 4. The average molecular weight is 278 g/mol. The third-order valence-electron chi connectivity index (χ3n) is 2.93. The van der Waals surface area contributed by atoms with E-state index in [4.69, 9.17) is 5.73 Å². The molecule has 0 aliphatic heterocycles.